The SMILES string of the molecule is CC(C)(C)c1cccc(-c2cccc(N(c3ccccc3)c3cc4oc5cc(N(c6ccccc6)c6cccc7c6oc6c(C(C)(C)C)cccc67)ccc5c4c4ccccc34)c2)c1O. The number of aromatic hydroxyl groups is 1. The van der Waals surface area contributed by atoms with Crippen LogP contribution in [-0.2, 0) is 10.8 Å². The van der Waals surface area contributed by atoms with Gasteiger partial charge in [-0.15, -0.1) is 0 Å². The molecule has 0 spiro atoms. The van der Waals surface area contributed by atoms with Crippen LogP contribution in [0.5, 0.6) is 5.75 Å². The normalized spacial score (nSPS) is 12.2. The number of benzene rings is 9. The third-order valence-electron chi connectivity index (χ3n) is 12.8. The van der Waals surface area contributed by atoms with Crippen LogP contribution in [0.1, 0.15) is 52.7 Å². The maximum absolute atomic E-state index is 11.6. The van der Waals surface area contributed by atoms with Gasteiger partial charge < -0.3 is 23.7 Å². The number of phenols is 1. The molecule has 0 saturated carbocycles. The predicted octanol–water partition coefficient (Wildman–Crippen LogP) is 17.5. The first-order valence-corrected chi connectivity index (χ1v) is 22.4. The zero-order valence-electron chi connectivity index (χ0n) is 37.6. The molecule has 2 aromatic heterocycles. The fourth-order valence-corrected chi connectivity index (χ4v) is 9.71. The highest BCUT2D eigenvalue weighted by Gasteiger charge is 2.26. The quantitative estimate of drug-likeness (QED) is 0.173. The molecule has 9 aromatic carbocycles. The molecule has 11 rings (SSSR count). The van der Waals surface area contributed by atoms with Crippen LogP contribution in [0.15, 0.2) is 197 Å². The zero-order chi connectivity index (χ0) is 44.6. The molecule has 0 radical (unpaired) electrons. The van der Waals surface area contributed by atoms with Crippen LogP contribution < -0.4 is 9.80 Å². The third-order valence-corrected chi connectivity index (χ3v) is 12.8. The number of rotatable bonds is 7. The smallest absolute Gasteiger partial charge is 0.159 e. The zero-order valence-corrected chi connectivity index (χ0v) is 37.6. The van der Waals surface area contributed by atoms with E-state index in [-0.39, 0.29) is 10.8 Å². The summed E-state index contributed by atoms with van der Waals surface area (Å²) in [5.41, 5.74) is 12.8. The second kappa shape index (κ2) is 15.2. The summed E-state index contributed by atoms with van der Waals surface area (Å²) in [6, 6.07) is 65.7. The number of nitrogens with zero attached hydrogens (tertiary/aromatic N) is 2. The summed E-state index contributed by atoms with van der Waals surface area (Å²) >= 11 is 0. The minimum atomic E-state index is -0.214. The molecule has 0 bridgehead atoms. The Labute approximate surface area is 379 Å². The van der Waals surface area contributed by atoms with E-state index in [1.165, 1.54) is 5.56 Å². The summed E-state index contributed by atoms with van der Waals surface area (Å²) in [5.74, 6) is 0.312. The molecule has 0 aliphatic carbocycles. The summed E-state index contributed by atoms with van der Waals surface area (Å²) < 4.78 is 14.0. The largest absolute Gasteiger partial charge is 0.507 e. The lowest BCUT2D eigenvalue weighted by Crippen LogP contribution is -2.12. The van der Waals surface area contributed by atoms with Gasteiger partial charge in [-0.2, -0.15) is 0 Å². The Kier molecular flexibility index (Phi) is 9.37. The van der Waals surface area contributed by atoms with Crippen LogP contribution >= 0.6 is 0 Å². The second-order valence-electron chi connectivity index (χ2n) is 19.1. The Hall–Kier alpha value is -7.76. The highest BCUT2D eigenvalue weighted by Crippen LogP contribution is 2.49. The van der Waals surface area contributed by atoms with Crippen molar-refractivity contribution in [3.8, 4) is 16.9 Å². The van der Waals surface area contributed by atoms with E-state index in [1.807, 2.05) is 30.3 Å². The molecule has 0 fully saturated rings. The van der Waals surface area contributed by atoms with Crippen LogP contribution in [0.3, 0.4) is 0 Å². The van der Waals surface area contributed by atoms with Gasteiger partial charge in [0.2, 0.25) is 0 Å². The van der Waals surface area contributed by atoms with Gasteiger partial charge in [-0.3, -0.25) is 0 Å². The number of hydrogen-bond acceptors (Lipinski definition) is 5. The van der Waals surface area contributed by atoms with Crippen molar-refractivity contribution in [1.82, 2.24) is 0 Å². The number of hydrogen-bond donors (Lipinski definition) is 1. The molecule has 0 saturated heterocycles. The first-order chi connectivity index (χ1) is 31.4. The van der Waals surface area contributed by atoms with E-state index in [2.05, 4.69) is 209 Å². The Morgan fingerprint density at radius 1 is 0.385 bits per heavy atom. The van der Waals surface area contributed by atoms with Crippen molar-refractivity contribution in [1.29, 1.82) is 0 Å². The number of phenolic OH excluding ortho intramolecular Hbond substituents is 1. The van der Waals surface area contributed by atoms with E-state index in [1.54, 1.807) is 0 Å². The predicted molar refractivity (Wildman–Crippen MR) is 272 cm³/mol. The minimum absolute atomic E-state index is 0.0895. The van der Waals surface area contributed by atoms with Crippen LogP contribution in [0.4, 0.5) is 34.1 Å². The van der Waals surface area contributed by atoms with E-state index in [4.69, 9.17) is 8.83 Å². The highest BCUT2D eigenvalue weighted by molar-refractivity contribution is 6.23. The number of para-hydroxylation sites is 5. The maximum atomic E-state index is 11.6. The summed E-state index contributed by atoms with van der Waals surface area (Å²) in [6.45, 7) is 13.1. The van der Waals surface area contributed by atoms with Gasteiger partial charge in [-0.25, -0.2) is 0 Å². The number of fused-ring (bicyclic) bond motifs is 8. The van der Waals surface area contributed by atoms with Gasteiger partial charge in [0, 0.05) is 67.3 Å². The van der Waals surface area contributed by atoms with E-state index < -0.39 is 0 Å². The molecule has 1 N–H and O–H groups in total. The standard InChI is InChI=1S/C60H50N2O3/c1-59(2,3)49-30-16-27-43(56(49)63)38-19-15-24-41(35-38)62(40-22-11-8-12-23-40)52-37-54-55(45-26-14-13-25-44(45)52)48-34-33-42(36-53(48)64-54)61(39-20-9-7-10-21-39)51-32-18-29-47-46-28-17-31-50(60(4,5)6)57(46)65-58(47)51/h7-37,63H,1-6H3. The van der Waals surface area contributed by atoms with Crippen LogP contribution in [0.25, 0.3) is 65.8 Å². The third kappa shape index (κ3) is 6.78. The summed E-state index contributed by atoms with van der Waals surface area (Å²) in [5, 5.41) is 18.1. The number of furan rings is 2. The average Bonchev–Trinajstić information content (AvgIpc) is 3.88. The summed E-state index contributed by atoms with van der Waals surface area (Å²) in [7, 11) is 0. The molecule has 65 heavy (non-hydrogen) atoms. The summed E-state index contributed by atoms with van der Waals surface area (Å²) in [4.78, 5) is 4.57. The lowest BCUT2D eigenvalue weighted by Gasteiger charge is -2.27. The van der Waals surface area contributed by atoms with Crippen molar-refractivity contribution in [3.63, 3.8) is 0 Å². The average molecular weight is 847 g/mol. The molecule has 0 aliphatic heterocycles. The highest BCUT2D eigenvalue weighted by atomic mass is 16.3. The molecular formula is C60H50N2O3. The minimum Gasteiger partial charge on any atom is -0.507 e. The van der Waals surface area contributed by atoms with E-state index in [0.717, 1.165) is 105 Å². The summed E-state index contributed by atoms with van der Waals surface area (Å²) in [6.07, 6.45) is 0. The van der Waals surface area contributed by atoms with Crippen LogP contribution in [-0.4, -0.2) is 5.11 Å². The van der Waals surface area contributed by atoms with Crippen LogP contribution in [0.2, 0.25) is 0 Å². The van der Waals surface area contributed by atoms with Crippen LogP contribution in [0, 0.1) is 0 Å². The maximum Gasteiger partial charge on any atom is 0.159 e. The van der Waals surface area contributed by atoms with Gasteiger partial charge in [-0.1, -0.05) is 163 Å². The molecule has 5 nitrogen and oxygen atoms in total. The van der Waals surface area contributed by atoms with Crippen molar-refractivity contribution < 1.29 is 13.9 Å². The molecule has 0 unspecified atom stereocenters. The van der Waals surface area contributed by atoms with E-state index in [0.29, 0.717) is 5.75 Å². The molecule has 0 aliphatic rings. The van der Waals surface area contributed by atoms with Crippen molar-refractivity contribution >= 4 is 88.8 Å². The van der Waals surface area contributed by atoms with E-state index in [9.17, 15) is 5.11 Å². The Morgan fingerprint density at radius 2 is 0.938 bits per heavy atom. The van der Waals surface area contributed by atoms with Gasteiger partial charge in [0.05, 0.1) is 17.1 Å². The first kappa shape index (κ1) is 40.0. The molecule has 0 amide bonds. The Morgan fingerprint density at radius 3 is 1.65 bits per heavy atom. The second-order valence-corrected chi connectivity index (χ2v) is 19.1. The van der Waals surface area contributed by atoms with Crippen molar-refractivity contribution in [2.24, 2.45) is 0 Å². The van der Waals surface area contributed by atoms with Crippen molar-refractivity contribution in [2.75, 3.05) is 9.80 Å². The molecule has 318 valence electrons. The fraction of sp³-hybridized carbons (Fsp3) is 0.133. The van der Waals surface area contributed by atoms with Gasteiger partial charge in [0.15, 0.2) is 5.58 Å². The fourth-order valence-electron chi connectivity index (χ4n) is 9.71. The topological polar surface area (TPSA) is 53.0 Å². The van der Waals surface area contributed by atoms with Gasteiger partial charge >= 0.3 is 0 Å². The Balaban J connectivity index is 1.10. The van der Waals surface area contributed by atoms with Gasteiger partial charge in [0.25, 0.3) is 0 Å². The molecule has 0 atom stereocenters. The van der Waals surface area contributed by atoms with E-state index >= 15 is 0 Å². The lowest BCUT2D eigenvalue weighted by atomic mass is 9.84. The molecule has 11 aromatic rings. The van der Waals surface area contributed by atoms with Gasteiger partial charge in [0.1, 0.15) is 22.5 Å². The Bertz CT molecular complexity index is 3590. The monoisotopic (exact) mass is 846 g/mol. The first-order valence-electron chi connectivity index (χ1n) is 22.4. The number of anilines is 6. The van der Waals surface area contributed by atoms with Crippen molar-refractivity contribution in [3.05, 3.63) is 199 Å². The van der Waals surface area contributed by atoms with Crippen molar-refractivity contribution in [2.45, 2.75) is 52.4 Å². The molecule has 2 heterocycles. The lowest BCUT2D eigenvalue weighted by molar-refractivity contribution is 0.448. The molecular weight excluding hydrogens is 797 g/mol. The van der Waals surface area contributed by atoms with Gasteiger partial charge in [-0.05, 0) is 81.9 Å². The molecule has 5 heteroatoms.